The van der Waals surface area contributed by atoms with Crippen LogP contribution in [0.4, 0.5) is 4.79 Å². The summed E-state index contributed by atoms with van der Waals surface area (Å²) >= 11 is 1.04. The van der Waals surface area contributed by atoms with Crippen molar-refractivity contribution >= 4 is 33.9 Å². The average Bonchev–Trinajstić information content (AvgIpc) is 3.16. The summed E-state index contributed by atoms with van der Waals surface area (Å²) in [6.07, 6.45) is 3.79. The van der Waals surface area contributed by atoms with E-state index in [1.165, 1.54) is 0 Å². The van der Waals surface area contributed by atoms with Gasteiger partial charge in [0.15, 0.2) is 5.58 Å². The van der Waals surface area contributed by atoms with Gasteiger partial charge in [-0.1, -0.05) is 29.1 Å². The highest BCUT2D eigenvalue weighted by molar-refractivity contribution is 8.15. The molecule has 1 N–H and O–H groups in total. The van der Waals surface area contributed by atoms with Crippen molar-refractivity contribution in [1.82, 2.24) is 15.5 Å². The zero-order valence-corrected chi connectivity index (χ0v) is 14.1. The summed E-state index contributed by atoms with van der Waals surface area (Å²) < 4.78 is 5.39. The zero-order chi connectivity index (χ0) is 17.2. The monoisotopic (exact) mass is 353 g/mol. The predicted molar refractivity (Wildman–Crippen MR) is 94.3 cm³/mol. The van der Waals surface area contributed by atoms with Gasteiger partial charge in [0.25, 0.3) is 5.24 Å². The molecule has 1 aromatic carbocycles. The molecule has 2 amide bonds. The lowest BCUT2D eigenvalue weighted by Gasteiger charge is -2.05. The number of benzene rings is 1. The fourth-order valence-corrected chi connectivity index (χ4v) is 3.74. The highest BCUT2D eigenvalue weighted by Crippen LogP contribution is 2.26. The molecule has 3 aromatic rings. The van der Waals surface area contributed by atoms with E-state index in [-0.39, 0.29) is 16.4 Å². The lowest BCUT2D eigenvalue weighted by molar-refractivity contribution is -0.118. The maximum atomic E-state index is 11.7. The first-order valence-corrected chi connectivity index (χ1v) is 8.85. The fourth-order valence-electron chi connectivity index (χ4n) is 2.88. The van der Waals surface area contributed by atoms with Crippen molar-refractivity contribution in [3.8, 4) is 0 Å². The lowest BCUT2D eigenvalue weighted by Crippen LogP contribution is -2.25. The Morgan fingerprint density at radius 2 is 2.08 bits per heavy atom. The molecule has 1 aliphatic rings. The van der Waals surface area contributed by atoms with Crippen LogP contribution >= 0.6 is 11.8 Å². The Kier molecular flexibility index (Phi) is 4.23. The van der Waals surface area contributed by atoms with Crippen molar-refractivity contribution in [2.24, 2.45) is 0 Å². The van der Waals surface area contributed by atoms with Crippen LogP contribution in [0, 0.1) is 0 Å². The number of carbonyl (C=O) groups excluding carboxylic acids is 2. The van der Waals surface area contributed by atoms with Gasteiger partial charge in [0, 0.05) is 17.3 Å². The number of hydrogen-bond acceptors (Lipinski definition) is 6. The second-order valence-electron chi connectivity index (χ2n) is 5.87. The highest BCUT2D eigenvalue weighted by Gasteiger charge is 2.31. The van der Waals surface area contributed by atoms with Gasteiger partial charge in [-0.3, -0.25) is 19.9 Å². The maximum absolute atomic E-state index is 11.7. The fraction of sp³-hybridized carbons (Fsp3) is 0.222. The first-order valence-electron chi connectivity index (χ1n) is 7.97. The minimum atomic E-state index is -0.373. The van der Waals surface area contributed by atoms with Crippen LogP contribution in [0.15, 0.2) is 47.1 Å². The molecule has 0 bridgehead atoms. The second-order valence-corrected chi connectivity index (χ2v) is 7.04. The molecule has 1 saturated heterocycles. The lowest BCUT2D eigenvalue weighted by atomic mass is 10.0. The predicted octanol–water partition coefficient (Wildman–Crippen LogP) is 2.90. The van der Waals surface area contributed by atoms with Gasteiger partial charge in [-0.05, 0) is 49.1 Å². The summed E-state index contributed by atoms with van der Waals surface area (Å²) in [6, 6.07) is 11.6. The summed E-state index contributed by atoms with van der Waals surface area (Å²) in [6.45, 7) is 0. The summed E-state index contributed by atoms with van der Waals surface area (Å²) in [4.78, 5) is 27.4. The number of nitrogens with zero attached hydrogens (tertiary/aromatic N) is 2. The Morgan fingerprint density at radius 3 is 2.84 bits per heavy atom. The number of nitrogens with one attached hydrogen (secondary N) is 1. The number of imide groups is 1. The molecule has 126 valence electrons. The van der Waals surface area contributed by atoms with Gasteiger partial charge < -0.3 is 4.52 Å². The van der Waals surface area contributed by atoms with Crippen LogP contribution in [0.5, 0.6) is 0 Å². The van der Waals surface area contributed by atoms with Crippen LogP contribution in [0.1, 0.15) is 17.0 Å². The van der Waals surface area contributed by atoms with Crippen molar-refractivity contribution in [2.45, 2.75) is 24.5 Å². The normalized spacial score (nSPS) is 17.2. The Morgan fingerprint density at radius 1 is 1.16 bits per heavy atom. The number of thioether (sulfide) groups is 1. The van der Waals surface area contributed by atoms with E-state index in [0.29, 0.717) is 6.42 Å². The summed E-state index contributed by atoms with van der Waals surface area (Å²) in [5.41, 5.74) is 3.59. The number of amides is 2. The quantitative estimate of drug-likeness (QED) is 0.759. The highest BCUT2D eigenvalue weighted by atomic mass is 32.2. The Bertz CT molecular complexity index is 939. The molecule has 1 unspecified atom stereocenters. The van der Waals surface area contributed by atoms with Gasteiger partial charge in [-0.2, -0.15) is 0 Å². The molecule has 1 aliphatic heterocycles. The number of aryl methyl sites for hydroxylation is 2. The van der Waals surface area contributed by atoms with Gasteiger partial charge >= 0.3 is 0 Å². The molecule has 4 rings (SSSR count). The minimum absolute atomic E-state index is 0.226. The van der Waals surface area contributed by atoms with Crippen LogP contribution in [-0.4, -0.2) is 26.5 Å². The summed E-state index contributed by atoms with van der Waals surface area (Å²) in [7, 11) is 0. The van der Waals surface area contributed by atoms with Gasteiger partial charge in [0.2, 0.25) is 5.91 Å². The molecule has 0 radical (unpaired) electrons. The summed E-state index contributed by atoms with van der Waals surface area (Å²) in [5.74, 6) is -0.226. The average molecular weight is 353 g/mol. The molecule has 1 fully saturated rings. The molecule has 0 aliphatic carbocycles. The Balaban J connectivity index is 1.53. The molecular formula is C18H15N3O3S. The van der Waals surface area contributed by atoms with Gasteiger partial charge in [-0.15, -0.1) is 0 Å². The minimum Gasteiger partial charge on any atom is -0.356 e. The molecular weight excluding hydrogens is 338 g/mol. The van der Waals surface area contributed by atoms with E-state index in [4.69, 9.17) is 4.52 Å². The smallest absolute Gasteiger partial charge is 0.286 e. The van der Waals surface area contributed by atoms with E-state index in [1.807, 2.05) is 36.4 Å². The number of rotatable bonds is 5. The van der Waals surface area contributed by atoms with Crippen molar-refractivity contribution in [3.63, 3.8) is 0 Å². The number of pyridine rings is 1. The van der Waals surface area contributed by atoms with Crippen LogP contribution < -0.4 is 5.32 Å². The third-order valence-corrected chi connectivity index (χ3v) is 5.12. The first kappa shape index (κ1) is 15.8. The largest absolute Gasteiger partial charge is 0.356 e. The third kappa shape index (κ3) is 3.41. The SMILES string of the molecule is O=C1NC(=O)C(Cc2ccc3onc(CCc4ccccn4)c3c2)S1. The maximum Gasteiger partial charge on any atom is 0.286 e. The van der Waals surface area contributed by atoms with Crippen molar-refractivity contribution in [3.05, 3.63) is 59.5 Å². The van der Waals surface area contributed by atoms with Crippen LogP contribution in [0.2, 0.25) is 0 Å². The van der Waals surface area contributed by atoms with Gasteiger partial charge in [-0.25, -0.2) is 0 Å². The number of carbonyl (C=O) groups is 2. The zero-order valence-electron chi connectivity index (χ0n) is 13.3. The van der Waals surface area contributed by atoms with Crippen LogP contribution in [0.25, 0.3) is 11.0 Å². The van der Waals surface area contributed by atoms with Crippen molar-refractivity contribution in [2.75, 3.05) is 0 Å². The van der Waals surface area contributed by atoms with E-state index >= 15 is 0 Å². The van der Waals surface area contributed by atoms with E-state index in [0.717, 1.165) is 52.5 Å². The van der Waals surface area contributed by atoms with Crippen molar-refractivity contribution in [1.29, 1.82) is 0 Å². The van der Waals surface area contributed by atoms with E-state index < -0.39 is 0 Å². The number of aromatic nitrogens is 2. The molecule has 2 aromatic heterocycles. The van der Waals surface area contributed by atoms with E-state index in [9.17, 15) is 9.59 Å². The molecule has 25 heavy (non-hydrogen) atoms. The molecule has 7 heteroatoms. The molecule has 0 spiro atoms. The second kappa shape index (κ2) is 6.68. The molecule has 6 nitrogen and oxygen atoms in total. The first-order chi connectivity index (χ1) is 12.2. The Labute approximate surface area is 148 Å². The molecule has 1 atom stereocenters. The Hall–Kier alpha value is -2.67. The van der Waals surface area contributed by atoms with Crippen LogP contribution in [-0.2, 0) is 24.1 Å². The third-order valence-electron chi connectivity index (χ3n) is 4.14. The van der Waals surface area contributed by atoms with Crippen molar-refractivity contribution < 1.29 is 14.1 Å². The van der Waals surface area contributed by atoms with Gasteiger partial charge in [0.05, 0.1) is 10.9 Å². The van der Waals surface area contributed by atoms with E-state index in [1.54, 1.807) is 6.20 Å². The molecule has 3 heterocycles. The van der Waals surface area contributed by atoms with Crippen LogP contribution in [0.3, 0.4) is 0 Å². The summed E-state index contributed by atoms with van der Waals surface area (Å²) in [5, 5.41) is 6.78. The van der Waals surface area contributed by atoms with E-state index in [2.05, 4.69) is 15.5 Å². The standard InChI is InChI=1S/C18H15N3O3S/c22-17-16(25-18(23)20-17)10-11-4-7-15-13(9-11)14(21-24-15)6-5-12-3-1-2-8-19-12/h1-4,7-9,16H,5-6,10H2,(H,20,22,23). The topological polar surface area (TPSA) is 85.1 Å². The number of hydrogen-bond donors (Lipinski definition) is 1. The molecule has 0 saturated carbocycles. The van der Waals surface area contributed by atoms with Gasteiger partial charge in [0.1, 0.15) is 0 Å². The number of fused-ring (bicyclic) bond motifs is 1.